The highest BCUT2D eigenvalue weighted by Crippen LogP contribution is 2.24. The molecule has 0 atom stereocenters. The van der Waals surface area contributed by atoms with Gasteiger partial charge in [0.2, 0.25) is 0 Å². The number of hydrogen-bond acceptors (Lipinski definition) is 6. The molecule has 0 aliphatic heterocycles. The summed E-state index contributed by atoms with van der Waals surface area (Å²) in [7, 11) is 4.55. The third kappa shape index (κ3) is 11.8. The Morgan fingerprint density at radius 3 is 1.61 bits per heavy atom. The lowest BCUT2D eigenvalue weighted by Gasteiger charge is -2.02. The van der Waals surface area contributed by atoms with Gasteiger partial charge in [-0.1, -0.05) is 71.6 Å². The highest BCUT2D eigenvalue weighted by molar-refractivity contribution is 9.13. The van der Waals surface area contributed by atoms with Crippen molar-refractivity contribution in [1.82, 2.24) is 0 Å². The van der Waals surface area contributed by atoms with Crippen molar-refractivity contribution in [2.75, 3.05) is 21.3 Å². The molecule has 6 nitrogen and oxygen atoms in total. The number of hydrogen-bond donors (Lipinski definition) is 0. The summed E-state index contributed by atoms with van der Waals surface area (Å²) >= 11 is 13.5. The van der Waals surface area contributed by atoms with Gasteiger partial charge >= 0.3 is 0 Å². The molecule has 0 radical (unpaired) electrons. The van der Waals surface area contributed by atoms with Crippen LogP contribution in [0.2, 0.25) is 0 Å². The van der Waals surface area contributed by atoms with Gasteiger partial charge in [-0.05, 0) is 89.0 Å². The van der Waals surface area contributed by atoms with Crippen LogP contribution >= 0.6 is 63.7 Å². The molecule has 3 aromatic rings. The number of halogens is 5. The monoisotopic (exact) mass is 777 g/mol. The van der Waals surface area contributed by atoms with Gasteiger partial charge in [0.05, 0.1) is 17.1 Å². The van der Waals surface area contributed by atoms with Gasteiger partial charge in [-0.2, -0.15) is 0 Å². The van der Waals surface area contributed by atoms with Crippen LogP contribution in [-0.2, 0) is 14.5 Å². The third-order valence-corrected chi connectivity index (χ3v) is 7.83. The number of benzene rings is 3. The van der Waals surface area contributed by atoms with Crippen LogP contribution in [0.4, 0.5) is 4.39 Å². The van der Waals surface area contributed by atoms with E-state index in [2.05, 4.69) is 93.7 Å². The number of rotatable bonds is 6. The minimum atomic E-state index is -0.277. The smallest absolute Gasteiger partial charge is 0.124 e. The van der Waals surface area contributed by atoms with E-state index in [1.165, 1.54) is 26.4 Å². The maximum absolute atomic E-state index is 12.7. The summed E-state index contributed by atoms with van der Waals surface area (Å²) in [5, 5.41) is 11.4. The largest absolute Gasteiger partial charge is 0.399 e. The van der Waals surface area contributed by atoms with E-state index in [1.807, 2.05) is 56.3 Å². The summed E-state index contributed by atoms with van der Waals surface area (Å²) in [4.78, 5) is 14.0. The van der Waals surface area contributed by atoms with E-state index in [4.69, 9.17) is 0 Å². The summed E-state index contributed by atoms with van der Waals surface area (Å²) in [6.07, 6.45) is 0. The van der Waals surface area contributed by atoms with E-state index in [0.717, 1.165) is 41.5 Å². The maximum Gasteiger partial charge on any atom is 0.124 e. The van der Waals surface area contributed by atoms with Crippen LogP contribution in [0.3, 0.4) is 0 Å². The van der Waals surface area contributed by atoms with Crippen molar-refractivity contribution in [1.29, 1.82) is 0 Å². The third-order valence-electron chi connectivity index (χ3n) is 4.61. The fourth-order valence-electron chi connectivity index (χ4n) is 2.82. The SMILES string of the molecule is CO/N=C(\C)c1ccc(Br)c(Br)c1.CO/N=C(\C)c1ccc(F)cc1Br.CO/N=C(\C)c1ccccc1Br. The quantitative estimate of drug-likeness (QED) is 0.185. The van der Waals surface area contributed by atoms with Crippen LogP contribution in [-0.4, -0.2) is 38.5 Å². The van der Waals surface area contributed by atoms with Gasteiger partial charge in [-0.15, -0.1) is 0 Å². The molecule has 0 unspecified atom stereocenters. The molecule has 0 bridgehead atoms. The molecule has 0 saturated heterocycles. The molecule has 38 heavy (non-hydrogen) atoms. The van der Waals surface area contributed by atoms with Gasteiger partial charge in [0.15, 0.2) is 0 Å². The standard InChI is InChI=1S/C9H9Br2NO.C9H9BrFNO.C9H10BrNO/c1-6(12-13-2)7-3-4-8(10)9(11)5-7;1-6(12-13-2)8-4-3-7(11)5-9(8)10;1-7(11-12-2)8-5-3-4-6-9(8)10/h2*3-5H,1-2H3;3-6H,1-2H3/b2*12-6+;11-7+. The molecule has 204 valence electrons. The van der Waals surface area contributed by atoms with Crippen molar-refractivity contribution in [3.8, 4) is 0 Å². The normalized spacial score (nSPS) is 11.5. The summed E-state index contributed by atoms with van der Waals surface area (Å²) in [5.74, 6) is -0.277. The van der Waals surface area contributed by atoms with Crippen molar-refractivity contribution in [2.45, 2.75) is 20.8 Å². The Kier molecular flexibility index (Phi) is 16.3. The second kappa shape index (κ2) is 18.3. The molecule has 0 aromatic heterocycles. The predicted molar refractivity (Wildman–Crippen MR) is 168 cm³/mol. The van der Waals surface area contributed by atoms with E-state index in [-0.39, 0.29) is 5.82 Å². The van der Waals surface area contributed by atoms with E-state index in [0.29, 0.717) is 10.2 Å². The highest BCUT2D eigenvalue weighted by atomic mass is 79.9. The zero-order valence-corrected chi connectivity index (χ0v) is 28.1. The Labute approximate surface area is 256 Å². The molecule has 0 fully saturated rings. The summed E-state index contributed by atoms with van der Waals surface area (Å²) in [6, 6.07) is 18.3. The molecule has 0 amide bonds. The molecule has 3 rings (SSSR count). The molecule has 0 heterocycles. The Morgan fingerprint density at radius 1 is 0.579 bits per heavy atom. The molecule has 11 heteroatoms. The zero-order valence-electron chi connectivity index (χ0n) is 21.7. The van der Waals surface area contributed by atoms with Gasteiger partial charge in [0.1, 0.15) is 27.1 Å². The number of oxime groups is 3. The Hall–Kier alpha value is -2.08. The van der Waals surface area contributed by atoms with Crippen LogP contribution in [0.1, 0.15) is 37.5 Å². The van der Waals surface area contributed by atoms with E-state index >= 15 is 0 Å². The van der Waals surface area contributed by atoms with Crippen molar-refractivity contribution < 1.29 is 18.9 Å². The lowest BCUT2D eigenvalue weighted by molar-refractivity contribution is 0.213. The van der Waals surface area contributed by atoms with Gasteiger partial charge in [0, 0.05) is 34.6 Å². The predicted octanol–water partition coefficient (Wildman–Crippen LogP) is 9.36. The fourth-order valence-corrected chi connectivity index (χ4v) is 4.66. The van der Waals surface area contributed by atoms with E-state index < -0.39 is 0 Å². The molecular weight excluding hydrogens is 753 g/mol. The Morgan fingerprint density at radius 2 is 1.11 bits per heavy atom. The van der Waals surface area contributed by atoms with Gasteiger partial charge in [0.25, 0.3) is 0 Å². The Balaban J connectivity index is 0.000000285. The molecule has 0 aliphatic carbocycles. The molecule has 0 N–H and O–H groups in total. The summed E-state index contributed by atoms with van der Waals surface area (Å²) in [5.41, 5.74) is 5.34. The second-order valence-electron chi connectivity index (χ2n) is 7.31. The maximum atomic E-state index is 12.7. The van der Waals surface area contributed by atoms with Crippen molar-refractivity contribution >= 4 is 80.9 Å². The van der Waals surface area contributed by atoms with Gasteiger partial charge in [-0.3, -0.25) is 0 Å². The van der Waals surface area contributed by atoms with Crippen molar-refractivity contribution in [2.24, 2.45) is 15.5 Å². The van der Waals surface area contributed by atoms with E-state index in [1.54, 1.807) is 20.1 Å². The first-order valence-electron chi connectivity index (χ1n) is 10.9. The first-order chi connectivity index (χ1) is 18.0. The second-order valence-corrected chi connectivity index (χ2v) is 10.7. The molecule has 0 saturated carbocycles. The first-order valence-corrected chi connectivity index (χ1v) is 14.1. The first kappa shape index (κ1) is 33.9. The summed E-state index contributed by atoms with van der Waals surface area (Å²) in [6.45, 7) is 5.60. The average molecular weight is 781 g/mol. The van der Waals surface area contributed by atoms with Crippen LogP contribution in [0.25, 0.3) is 0 Å². The van der Waals surface area contributed by atoms with Crippen LogP contribution in [0, 0.1) is 5.82 Å². The average Bonchev–Trinajstić information content (AvgIpc) is 2.87. The topological polar surface area (TPSA) is 64.8 Å². The molecular formula is C27H28Br4FN3O3. The minimum Gasteiger partial charge on any atom is -0.399 e. The van der Waals surface area contributed by atoms with Gasteiger partial charge < -0.3 is 14.5 Å². The molecule has 0 aliphatic rings. The van der Waals surface area contributed by atoms with Crippen molar-refractivity contribution in [3.63, 3.8) is 0 Å². The van der Waals surface area contributed by atoms with Crippen LogP contribution < -0.4 is 0 Å². The zero-order chi connectivity index (χ0) is 28.7. The van der Waals surface area contributed by atoms with Gasteiger partial charge in [-0.25, -0.2) is 4.39 Å². The minimum absolute atomic E-state index is 0.277. The highest BCUT2D eigenvalue weighted by Gasteiger charge is 2.05. The van der Waals surface area contributed by atoms with E-state index in [9.17, 15) is 4.39 Å². The molecule has 0 spiro atoms. The fraction of sp³-hybridized carbons (Fsp3) is 0.222. The van der Waals surface area contributed by atoms with Crippen LogP contribution in [0.15, 0.2) is 94.0 Å². The number of nitrogens with zero attached hydrogens (tertiary/aromatic N) is 3. The van der Waals surface area contributed by atoms with Crippen LogP contribution in [0.5, 0.6) is 0 Å². The Bertz CT molecular complexity index is 1280. The lowest BCUT2D eigenvalue weighted by Crippen LogP contribution is -1.97. The summed E-state index contributed by atoms with van der Waals surface area (Å²) < 4.78 is 16.4. The van der Waals surface area contributed by atoms with Crippen molar-refractivity contribution in [3.05, 3.63) is 101 Å². The molecule has 3 aromatic carbocycles. The lowest BCUT2D eigenvalue weighted by atomic mass is 10.1.